The van der Waals surface area contributed by atoms with E-state index in [1.807, 2.05) is 0 Å². The van der Waals surface area contributed by atoms with Crippen LogP contribution in [-0.4, -0.2) is 19.8 Å². The van der Waals surface area contributed by atoms with Crippen LogP contribution >= 0.6 is 0 Å². The summed E-state index contributed by atoms with van der Waals surface area (Å²) in [5.74, 6) is 1.74. The lowest BCUT2D eigenvalue weighted by molar-refractivity contribution is 0.115. The molecule has 2 aliphatic carbocycles. The smallest absolute Gasteiger partial charge is 0.161 e. The van der Waals surface area contributed by atoms with Crippen molar-refractivity contribution in [2.75, 3.05) is 13.7 Å². The molecule has 3 nitrogen and oxygen atoms in total. The minimum Gasteiger partial charge on any atom is -0.493 e. The summed E-state index contributed by atoms with van der Waals surface area (Å²) in [4.78, 5) is 0. The van der Waals surface area contributed by atoms with Crippen LogP contribution in [0.1, 0.15) is 56.9 Å². The molecule has 0 aromatic heterocycles. The summed E-state index contributed by atoms with van der Waals surface area (Å²) in [5, 5.41) is 0. The summed E-state index contributed by atoms with van der Waals surface area (Å²) in [6, 6.07) is 6.43. The number of benzene rings is 1. The Balaban J connectivity index is 1.88. The van der Waals surface area contributed by atoms with Crippen LogP contribution in [0.5, 0.6) is 11.5 Å². The molecule has 0 aliphatic heterocycles. The number of ether oxygens (including phenoxy) is 2. The first kappa shape index (κ1) is 14.7. The SMILES string of the molecule is COc1ccc(C2(CN)CCCCC2)cc1OC1CCC1. The van der Waals surface area contributed by atoms with Gasteiger partial charge >= 0.3 is 0 Å². The Kier molecular flexibility index (Phi) is 4.39. The molecular weight excluding hydrogens is 262 g/mol. The fourth-order valence-corrected chi connectivity index (χ4v) is 3.61. The fraction of sp³-hybridized carbons (Fsp3) is 0.667. The number of hydrogen-bond donors (Lipinski definition) is 1. The van der Waals surface area contributed by atoms with Gasteiger partial charge in [-0.05, 0) is 49.8 Å². The largest absolute Gasteiger partial charge is 0.493 e. The van der Waals surface area contributed by atoms with Crippen LogP contribution in [0.15, 0.2) is 18.2 Å². The van der Waals surface area contributed by atoms with Crippen LogP contribution in [0.2, 0.25) is 0 Å². The van der Waals surface area contributed by atoms with Crippen molar-refractivity contribution in [1.82, 2.24) is 0 Å². The number of rotatable bonds is 5. The molecule has 0 heterocycles. The third-order valence-corrected chi connectivity index (χ3v) is 5.32. The average Bonchev–Trinajstić information content (AvgIpc) is 2.51. The van der Waals surface area contributed by atoms with Crippen LogP contribution in [0, 0.1) is 0 Å². The first-order chi connectivity index (χ1) is 10.3. The molecule has 0 saturated heterocycles. The van der Waals surface area contributed by atoms with Crippen molar-refractivity contribution >= 4 is 0 Å². The molecule has 21 heavy (non-hydrogen) atoms. The lowest BCUT2D eigenvalue weighted by atomic mass is 9.69. The zero-order valence-electron chi connectivity index (χ0n) is 13.1. The molecule has 0 unspecified atom stereocenters. The van der Waals surface area contributed by atoms with Crippen molar-refractivity contribution in [2.45, 2.75) is 62.9 Å². The molecule has 3 heteroatoms. The topological polar surface area (TPSA) is 44.5 Å². The number of hydrogen-bond acceptors (Lipinski definition) is 3. The van der Waals surface area contributed by atoms with Crippen LogP contribution < -0.4 is 15.2 Å². The third kappa shape index (κ3) is 2.89. The van der Waals surface area contributed by atoms with Crippen molar-refractivity contribution in [3.05, 3.63) is 23.8 Å². The van der Waals surface area contributed by atoms with Crippen LogP contribution in [-0.2, 0) is 5.41 Å². The molecule has 0 spiro atoms. The maximum atomic E-state index is 6.16. The molecule has 1 aromatic rings. The van der Waals surface area contributed by atoms with Crippen LogP contribution in [0.4, 0.5) is 0 Å². The van der Waals surface area contributed by atoms with E-state index in [4.69, 9.17) is 15.2 Å². The zero-order valence-corrected chi connectivity index (χ0v) is 13.1. The Hall–Kier alpha value is -1.22. The maximum absolute atomic E-state index is 6.16. The predicted molar refractivity (Wildman–Crippen MR) is 85.1 cm³/mol. The van der Waals surface area contributed by atoms with E-state index in [9.17, 15) is 0 Å². The summed E-state index contributed by atoms with van der Waals surface area (Å²) < 4.78 is 11.6. The Morgan fingerprint density at radius 3 is 2.43 bits per heavy atom. The average molecular weight is 289 g/mol. The standard InChI is InChI=1S/C18H27NO2/c1-20-16-9-8-14(12-17(16)21-15-6-5-7-15)18(13-19)10-3-2-4-11-18/h8-9,12,15H,2-7,10-11,13,19H2,1H3. The second-order valence-corrected chi connectivity index (χ2v) is 6.58. The lowest BCUT2D eigenvalue weighted by Crippen LogP contribution is -2.37. The molecule has 116 valence electrons. The highest BCUT2D eigenvalue weighted by atomic mass is 16.5. The van der Waals surface area contributed by atoms with Gasteiger partial charge in [0.1, 0.15) is 0 Å². The minimum atomic E-state index is 0.141. The fourth-order valence-electron chi connectivity index (χ4n) is 3.61. The van der Waals surface area contributed by atoms with Gasteiger partial charge in [-0.25, -0.2) is 0 Å². The normalized spacial score (nSPS) is 21.6. The highest BCUT2D eigenvalue weighted by molar-refractivity contribution is 5.46. The summed E-state index contributed by atoms with van der Waals surface area (Å²) >= 11 is 0. The van der Waals surface area contributed by atoms with Gasteiger partial charge in [0.15, 0.2) is 11.5 Å². The molecule has 0 bridgehead atoms. The molecule has 1 aromatic carbocycles. The zero-order chi connectivity index (χ0) is 14.7. The van der Waals surface area contributed by atoms with Gasteiger partial charge < -0.3 is 15.2 Å². The van der Waals surface area contributed by atoms with E-state index in [-0.39, 0.29) is 5.41 Å². The molecule has 0 amide bonds. The maximum Gasteiger partial charge on any atom is 0.161 e. The first-order valence-corrected chi connectivity index (χ1v) is 8.33. The Bertz CT molecular complexity index is 476. The van der Waals surface area contributed by atoms with Gasteiger partial charge in [0.25, 0.3) is 0 Å². The van der Waals surface area contributed by atoms with Crippen LogP contribution in [0.25, 0.3) is 0 Å². The van der Waals surface area contributed by atoms with Crippen molar-refractivity contribution in [1.29, 1.82) is 0 Å². The highest BCUT2D eigenvalue weighted by Crippen LogP contribution is 2.42. The molecular formula is C18H27NO2. The summed E-state index contributed by atoms with van der Waals surface area (Å²) in [6.45, 7) is 0.724. The van der Waals surface area contributed by atoms with Crippen molar-refractivity contribution in [3.63, 3.8) is 0 Å². The van der Waals surface area contributed by atoms with E-state index in [0.29, 0.717) is 6.10 Å². The van der Waals surface area contributed by atoms with Gasteiger partial charge in [0.2, 0.25) is 0 Å². The van der Waals surface area contributed by atoms with Crippen molar-refractivity contribution in [3.8, 4) is 11.5 Å². The monoisotopic (exact) mass is 289 g/mol. The second kappa shape index (κ2) is 6.27. The van der Waals surface area contributed by atoms with E-state index >= 15 is 0 Å². The predicted octanol–water partition coefficient (Wildman–Crippen LogP) is 3.79. The van der Waals surface area contributed by atoms with Gasteiger partial charge in [0.05, 0.1) is 13.2 Å². The molecule has 2 N–H and O–H groups in total. The van der Waals surface area contributed by atoms with E-state index in [2.05, 4.69) is 18.2 Å². The quantitative estimate of drug-likeness (QED) is 0.897. The molecule has 0 atom stereocenters. The van der Waals surface area contributed by atoms with Crippen molar-refractivity contribution < 1.29 is 9.47 Å². The van der Waals surface area contributed by atoms with Gasteiger partial charge in [-0.3, -0.25) is 0 Å². The Labute approximate surface area is 127 Å². The summed E-state index contributed by atoms with van der Waals surface area (Å²) in [7, 11) is 1.71. The van der Waals surface area contributed by atoms with Crippen molar-refractivity contribution in [2.24, 2.45) is 5.73 Å². The number of methoxy groups -OCH3 is 1. The van der Waals surface area contributed by atoms with Gasteiger partial charge in [-0.2, -0.15) is 0 Å². The molecule has 2 fully saturated rings. The molecule has 2 saturated carbocycles. The highest BCUT2D eigenvalue weighted by Gasteiger charge is 2.33. The van der Waals surface area contributed by atoms with E-state index in [1.165, 1.54) is 44.1 Å². The van der Waals surface area contributed by atoms with Gasteiger partial charge in [-0.15, -0.1) is 0 Å². The van der Waals surface area contributed by atoms with E-state index in [0.717, 1.165) is 30.9 Å². The third-order valence-electron chi connectivity index (χ3n) is 5.32. The summed E-state index contributed by atoms with van der Waals surface area (Å²) in [5.41, 5.74) is 7.63. The Morgan fingerprint density at radius 1 is 1.10 bits per heavy atom. The molecule has 0 radical (unpaired) electrons. The molecule has 3 rings (SSSR count). The second-order valence-electron chi connectivity index (χ2n) is 6.58. The number of nitrogens with two attached hydrogens (primary N) is 1. The molecule has 2 aliphatic rings. The Morgan fingerprint density at radius 2 is 1.86 bits per heavy atom. The van der Waals surface area contributed by atoms with Gasteiger partial charge in [-0.1, -0.05) is 25.3 Å². The van der Waals surface area contributed by atoms with E-state index in [1.54, 1.807) is 7.11 Å². The van der Waals surface area contributed by atoms with Crippen LogP contribution in [0.3, 0.4) is 0 Å². The lowest BCUT2D eigenvalue weighted by Gasteiger charge is -2.37. The minimum absolute atomic E-state index is 0.141. The van der Waals surface area contributed by atoms with Gasteiger partial charge in [0, 0.05) is 12.0 Å². The first-order valence-electron chi connectivity index (χ1n) is 8.33. The van der Waals surface area contributed by atoms with E-state index < -0.39 is 0 Å². The summed E-state index contributed by atoms with van der Waals surface area (Å²) in [6.07, 6.45) is 10.3.